The van der Waals surface area contributed by atoms with Crippen LogP contribution in [0.2, 0.25) is 0 Å². The third-order valence-corrected chi connectivity index (χ3v) is 4.99. The Kier molecular flexibility index (Phi) is 4.92. The maximum atomic E-state index is 12.4. The van der Waals surface area contributed by atoms with E-state index >= 15 is 0 Å². The largest absolute Gasteiger partial charge is 0.488 e. The van der Waals surface area contributed by atoms with Gasteiger partial charge in [-0.05, 0) is 24.3 Å². The summed E-state index contributed by atoms with van der Waals surface area (Å²) in [7, 11) is -8.38. The van der Waals surface area contributed by atoms with Crippen LogP contribution >= 0.6 is 0 Å². The summed E-state index contributed by atoms with van der Waals surface area (Å²) in [6, 6.07) is 4.95. The third-order valence-electron chi connectivity index (χ3n) is 3.29. The van der Waals surface area contributed by atoms with Gasteiger partial charge in [0.05, 0.1) is 6.26 Å². The lowest BCUT2D eigenvalue weighted by Gasteiger charge is -2.33. The molecular weight excluding hydrogens is 351 g/mol. The highest BCUT2D eigenvalue weighted by Gasteiger charge is 2.26. The Morgan fingerprint density at radius 1 is 1.04 bits per heavy atom. The molecule has 1 aliphatic heterocycles. The van der Waals surface area contributed by atoms with Crippen molar-refractivity contribution in [2.45, 2.75) is 0 Å². The Hall–Kier alpha value is -1.72. The van der Waals surface area contributed by atoms with Crippen LogP contribution in [0, 0.1) is 0 Å². The van der Waals surface area contributed by atoms with E-state index in [4.69, 9.17) is 0 Å². The molecular formula is C12H15FN2O6S2. The molecule has 0 atom stereocenters. The SMILES string of the molecule is CS(=O)(=O)N1CCN(C(=O)c2ccc(OS(=O)(=O)F)cc2)CC1. The van der Waals surface area contributed by atoms with Crippen molar-refractivity contribution < 1.29 is 29.7 Å². The van der Waals surface area contributed by atoms with Crippen LogP contribution in [-0.2, 0) is 20.5 Å². The highest BCUT2D eigenvalue weighted by molar-refractivity contribution is 7.88. The van der Waals surface area contributed by atoms with Gasteiger partial charge < -0.3 is 9.08 Å². The number of hydrogen-bond donors (Lipinski definition) is 0. The van der Waals surface area contributed by atoms with E-state index in [1.54, 1.807) is 0 Å². The monoisotopic (exact) mass is 366 g/mol. The first-order valence-corrected chi connectivity index (χ1v) is 9.70. The van der Waals surface area contributed by atoms with Crippen molar-refractivity contribution in [3.63, 3.8) is 0 Å². The Morgan fingerprint density at radius 2 is 1.57 bits per heavy atom. The van der Waals surface area contributed by atoms with Crippen molar-refractivity contribution in [1.29, 1.82) is 0 Å². The molecule has 1 aliphatic rings. The van der Waals surface area contributed by atoms with E-state index in [2.05, 4.69) is 4.18 Å². The number of halogens is 1. The standard InChI is InChI=1S/C12H15FN2O6S2/c1-22(17,18)15-8-6-14(7-9-15)12(16)10-2-4-11(5-3-10)21-23(13,19)20/h2-5H,6-9H2,1H3. The number of piperazine rings is 1. The minimum Gasteiger partial charge on any atom is -0.358 e. The third kappa shape index (κ3) is 4.88. The number of rotatable bonds is 4. The number of carbonyl (C=O) groups excluding carboxylic acids is 1. The molecule has 1 amide bonds. The van der Waals surface area contributed by atoms with Gasteiger partial charge in [-0.1, -0.05) is 3.89 Å². The first-order chi connectivity index (χ1) is 10.6. The first kappa shape index (κ1) is 17.6. The van der Waals surface area contributed by atoms with Crippen molar-refractivity contribution in [3.05, 3.63) is 29.8 Å². The van der Waals surface area contributed by atoms with Gasteiger partial charge in [0.15, 0.2) is 0 Å². The molecule has 0 radical (unpaired) electrons. The lowest BCUT2D eigenvalue weighted by Crippen LogP contribution is -2.50. The summed E-state index contributed by atoms with van der Waals surface area (Å²) >= 11 is 0. The van der Waals surface area contributed by atoms with Crippen molar-refractivity contribution in [2.75, 3.05) is 32.4 Å². The fourth-order valence-corrected chi connectivity index (χ4v) is 3.34. The fraction of sp³-hybridized carbons (Fsp3) is 0.417. The lowest BCUT2D eigenvalue weighted by molar-refractivity contribution is 0.0698. The molecule has 2 rings (SSSR count). The highest BCUT2D eigenvalue weighted by atomic mass is 32.3. The lowest BCUT2D eigenvalue weighted by atomic mass is 10.2. The van der Waals surface area contributed by atoms with Crippen LogP contribution in [0.4, 0.5) is 3.89 Å². The Morgan fingerprint density at radius 3 is 2.00 bits per heavy atom. The minimum absolute atomic E-state index is 0.214. The zero-order valence-electron chi connectivity index (χ0n) is 12.2. The van der Waals surface area contributed by atoms with E-state index in [-0.39, 0.29) is 43.4 Å². The molecule has 0 saturated carbocycles. The van der Waals surface area contributed by atoms with E-state index < -0.39 is 20.5 Å². The molecule has 0 bridgehead atoms. The smallest absolute Gasteiger partial charge is 0.358 e. The van der Waals surface area contributed by atoms with Crippen molar-refractivity contribution in [3.8, 4) is 5.75 Å². The molecule has 1 heterocycles. The quantitative estimate of drug-likeness (QED) is 0.695. The van der Waals surface area contributed by atoms with Crippen LogP contribution < -0.4 is 4.18 Å². The van der Waals surface area contributed by atoms with Gasteiger partial charge in [-0.15, -0.1) is 0 Å². The molecule has 0 spiro atoms. The van der Waals surface area contributed by atoms with Crippen LogP contribution in [0.5, 0.6) is 5.75 Å². The molecule has 1 saturated heterocycles. The molecule has 0 aromatic heterocycles. The molecule has 0 aliphatic carbocycles. The second-order valence-electron chi connectivity index (χ2n) is 4.96. The minimum atomic E-state index is -5.11. The summed E-state index contributed by atoms with van der Waals surface area (Å²) in [5.74, 6) is -0.571. The number of carbonyl (C=O) groups is 1. The summed E-state index contributed by atoms with van der Waals surface area (Å²) < 4.78 is 61.3. The number of benzene rings is 1. The molecule has 1 aromatic rings. The second-order valence-corrected chi connectivity index (χ2v) is 7.89. The molecule has 23 heavy (non-hydrogen) atoms. The van der Waals surface area contributed by atoms with E-state index in [1.165, 1.54) is 21.3 Å². The summed E-state index contributed by atoms with van der Waals surface area (Å²) in [6.45, 7) is 0.934. The van der Waals surface area contributed by atoms with Gasteiger partial charge in [0.1, 0.15) is 5.75 Å². The van der Waals surface area contributed by atoms with Crippen LogP contribution in [0.1, 0.15) is 10.4 Å². The molecule has 8 nitrogen and oxygen atoms in total. The topological polar surface area (TPSA) is 101 Å². The van der Waals surface area contributed by atoms with Gasteiger partial charge in [-0.3, -0.25) is 4.79 Å². The van der Waals surface area contributed by atoms with Crippen molar-refractivity contribution in [2.24, 2.45) is 0 Å². The predicted octanol–water partition coefficient (Wildman–Crippen LogP) is -0.00290. The van der Waals surface area contributed by atoms with Gasteiger partial charge in [0.25, 0.3) is 5.91 Å². The molecule has 11 heteroatoms. The van der Waals surface area contributed by atoms with Gasteiger partial charge in [0, 0.05) is 31.7 Å². The number of sulfonamides is 1. The van der Waals surface area contributed by atoms with Gasteiger partial charge >= 0.3 is 10.5 Å². The van der Waals surface area contributed by atoms with E-state index in [1.807, 2.05) is 0 Å². The van der Waals surface area contributed by atoms with Crippen molar-refractivity contribution >= 4 is 26.4 Å². The maximum absolute atomic E-state index is 12.4. The van der Waals surface area contributed by atoms with Gasteiger partial charge in [-0.2, -0.15) is 12.7 Å². The second kappa shape index (κ2) is 6.42. The average molecular weight is 366 g/mol. The van der Waals surface area contributed by atoms with Gasteiger partial charge in [-0.25, -0.2) is 8.42 Å². The fourth-order valence-electron chi connectivity index (χ4n) is 2.17. The normalized spacial score (nSPS) is 17.0. The van der Waals surface area contributed by atoms with E-state index in [0.717, 1.165) is 18.4 Å². The molecule has 0 N–H and O–H groups in total. The maximum Gasteiger partial charge on any atom is 0.488 e. The van der Waals surface area contributed by atoms with Crippen LogP contribution in [0.3, 0.4) is 0 Å². The van der Waals surface area contributed by atoms with E-state index in [9.17, 15) is 25.5 Å². The molecule has 0 unspecified atom stereocenters. The molecule has 128 valence electrons. The first-order valence-electron chi connectivity index (χ1n) is 6.55. The molecule has 1 aromatic carbocycles. The summed E-state index contributed by atoms with van der Waals surface area (Å²) in [6.07, 6.45) is 1.11. The Balaban J connectivity index is 2.02. The van der Waals surface area contributed by atoms with Gasteiger partial charge in [0.2, 0.25) is 10.0 Å². The predicted molar refractivity (Wildman–Crippen MR) is 79.4 cm³/mol. The number of amides is 1. The zero-order chi connectivity index (χ0) is 17.3. The highest BCUT2D eigenvalue weighted by Crippen LogP contribution is 2.17. The Bertz CT molecular complexity index is 783. The number of hydrogen-bond acceptors (Lipinski definition) is 6. The van der Waals surface area contributed by atoms with Crippen molar-refractivity contribution in [1.82, 2.24) is 9.21 Å². The summed E-state index contributed by atoms with van der Waals surface area (Å²) in [5.41, 5.74) is 0.265. The summed E-state index contributed by atoms with van der Waals surface area (Å²) in [4.78, 5) is 13.8. The average Bonchev–Trinajstić information content (AvgIpc) is 2.45. The van der Waals surface area contributed by atoms with E-state index in [0.29, 0.717) is 0 Å². The van der Waals surface area contributed by atoms with Crippen LogP contribution in [-0.4, -0.2) is 64.4 Å². The summed E-state index contributed by atoms with van der Waals surface area (Å²) in [5, 5.41) is 0. The Labute approximate surface area is 133 Å². The zero-order valence-corrected chi connectivity index (χ0v) is 13.8. The van der Waals surface area contributed by atoms with Crippen LogP contribution in [0.15, 0.2) is 24.3 Å². The molecule has 1 fully saturated rings. The number of nitrogens with zero attached hydrogens (tertiary/aromatic N) is 2. The van der Waals surface area contributed by atoms with Crippen LogP contribution in [0.25, 0.3) is 0 Å².